The van der Waals surface area contributed by atoms with E-state index in [1.807, 2.05) is 0 Å². The molecule has 0 aromatic rings. The summed E-state index contributed by atoms with van der Waals surface area (Å²) >= 11 is 0. The molecule has 5 heteroatoms. The lowest BCUT2D eigenvalue weighted by molar-refractivity contribution is -0.125. The molecule has 56 valence electrons. The number of nitrogens with two attached hydrogens (primary N) is 2. The molecule has 5 nitrogen and oxygen atoms in total. The molecule has 1 aliphatic rings. The van der Waals surface area contributed by atoms with E-state index in [0.717, 1.165) is 0 Å². The van der Waals surface area contributed by atoms with E-state index in [0.29, 0.717) is 13.1 Å². The Morgan fingerprint density at radius 1 is 1.30 bits per heavy atom. The number of urea groups is 1. The normalized spacial score (nSPS) is 18.2. The summed E-state index contributed by atoms with van der Waals surface area (Å²) in [4.78, 5) is 22.1. The van der Waals surface area contributed by atoms with Crippen molar-refractivity contribution in [1.82, 2.24) is 4.90 Å². The zero-order chi connectivity index (χ0) is 7.72. The van der Waals surface area contributed by atoms with Crippen LogP contribution < -0.4 is 11.5 Å². The summed E-state index contributed by atoms with van der Waals surface area (Å²) in [7, 11) is 0. The van der Waals surface area contributed by atoms with E-state index in [9.17, 15) is 9.59 Å². The minimum absolute atomic E-state index is 0.188. The number of amides is 3. The van der Waals surface area contributed by atoms with Gasteiger partial charge in [0, 0.05) is 13.1 Å². The Balaban J connectivity index is 2.31. The predicted molar refractivity (Wildman–Crippen MR) is 33.8 cm³/mol. The lowest BCUT2D eigenvalue weighted by Gasteiger charge is -2.35. The van der Waals surface area contributed by atoms with E-state index in [4.69, 9.17) is 11.5 Å². The molecule has 0 aliphatic carbocycles. The third kappa shape index (κ3) is 1.02. The molecule has 0 unspecified atom stereocenters. The first-order valence-electron chi connectivity index (χ1n) is 2.95. The smallest absolute Gasteiger partial charge is 0.314 e. The number of likely N-dealkylation sites (tertiary alicyclic amines) is 1. The maximum Gasteiger partial charge on any atom is 0.314 e. The molecule has 1 rings (SSSR count). The molecule has 3 amide bonds. The number of hydrogen-bond acceptors (Lipinski definition) is 2. The highest BCUT2D eigenvalue weighted by Gasteiger charge is 2.32. The standard InChI is InChI=1S/C5H9N3O2/c6-4(9)3-1-8(2-3)5(7)10/h3H,1-2H2,(H2,6,9)(H2,7,10). The van der Waals surface area contributed by atoms with Crippen molar-refractivity contribution in [3.8, 4) is 0 Å². The van der Waals surface area contributed by atoms with E-state index in [2.05, 4.69) is 0 Å². The molecule has 1 fully saturated rings. The Hall–Kier alpha value is -1.26. The second-order valence-corrected chi connectivity index (χ2v) is 2.34. The summed E-state index contributed by atoms with van der Waals surface area (Å²) in [6.07, 6.45) is 0. The Labute approximate surface area is 58.0 Å². The van der Waals surface area contributed by atoms with Crippen molar-refractivity contribution in [2.45, 2.75) is 0 Å². The molecule has 1 heterocycles. The molecule has 0 aromatic carbocycles. The second kappa shape index (κ2) is 2.17. The minimum atomic E-state index is -0.488. The van der Waals surface area contributed by atoms with Gasteiger partial charge in [0.05, 0.1) is 5.92 Å². The maximum absolute atomic E-state index is 10.4. The summed E-state index contributed by atoms with van der Waals surface area (Å²) in [6.45, 7) is 0.759. The molecular formula is C5H9N3O2. The molecule has 0 aromatic heterocycles. The number of nitrogens with zero attached hydrogens (tertiary/aromatic N) is 1. The van der Waals surface area contributed by atoms with Gasteiger partial charge in [0.2, 0.25) is 5.91 Å². The lowest BCUT2D eigenvalue weighted by Crippen LogP contribution is -2.56. The number of carbonyl (C=O) groups excluding carboxylic acids is 2. The zero-order valence-electron chi connectivity index (χ0n) is 5.41. The van der Waals surface area contributed by atoms with Gasteiger partial charge in [-0.25, -0.2) is 4.79 Å². The van der Waals surface area contributed by atoms with Crippen LogP contribution in [0.15, 0.2) is 0 Å². The first-order chi connectivity index (χ1) is 4.61. The SMILES string of the molecule is NC(=O)C1CN(C(N)=O)C1. The maximum atomic E-state index is 10.4. The van der Waals surface area contributed by atoms with Gasteiger partial charge < -0.3 is 16.4 Å². The summed E-state index contributed by atoms with van der Waals surface area (Å²) in [5.74, 6) is -0.551. The summed E-state index contributed by atoms with van der Waals surface area (Å²) in [5, 5.41) is 0. The first kappa shape index (κ1) is 6.85. The Morgan fingerprint density at radius 2 is 1.80 bits per heavy atom. The van der Waals surface area contributed by atoms with E-state index in [-0.39, 0.29) is 11.8 Å². The second-order valence-electron chi connectivity index (χ2n) is 2.34. The quantitative estimate of drug-likeness (QED) is 0.467. The van der Waals surface area contributed by atoms with Crippen LogP contribution in [0, 0.1) is 5.92 Å². The summed E-state index contributed by atoms with van der Waals surface area (Å²) < 4.78 is 0. The van der Waals surface area contributed by atoms with Crippen molar-refractivity contribution in [3.63, 3.8) is 0 Å². The molecule has 10 heavy (non-hydrogen) atoms. The number of hydrogen-bond donors (Lipinski definition) is 2. The Morgan fingerprint density at radius 3 is 2.10 bits per heavy atom. The topological polar surface area (TPSA) is 89.4 Å². The van der Waals surface area contributed by atoms with Crippen LogP contribution in [0.5, 0.6) is 0 Å². The van der Waals surface area contributed by atoms with Gasteiger partial charge >= 0.3 is 6.03 Å². The number of carbonyl (C=O) groups is 2. The van der Waals surface area contributed by atoms with Crippen molar-refractivity contribution in [1.29, 1.82) is 0 Å². The van der Waals surface area contributed by atoms with Crippen LogP contribution in [0.4, 0.5) is 4.79 Å². The molecule has 0 atom stereocenters. The molecule has 0 spiro atoms. The van der Waals surface area contributed by atoms with Crippen LogP contribution in [-0.4, -0.2) is 29.9 Å². The summed E-state index contributed by atoms with van der Waals surface area (Å²) in [5.41, 5.74) is 9.84. The highest BCUT2D eigenvalue weighted by atomic mass is 16.2. The van der Waals surface area contributed by atoms with Crippen LogP contribution in [0.1, 0.15) is 0 Å². The fourth-order valence-electron chi connectivity index (χ4n) is 0.838. The van der Waals surface area contributed by atoms with Crippen LogP contribution in [-0.2, 0) is 4.79 Å². The highest BCUT2D eigenvalue weighted by molar-refractivity contribution is 5.81. The molecule has 1 saturated heterocycles. The third-order valence-corrected chi connectivity index (χ3v) is 1.60. The van der Waals surface area contributed by atoms with Gasteiger partial charge in [-0.05, 0) is 0 Å². The largest absolute Gasteiger partial charge is 0.369 e. The van der Waals surface area contributed by atoms with E-state index >= 15 is 0 Å². The predicted octanol–water partition coefficient (Wildman–Crippen LogP) is -1.52. The van der Waals surface area contributed by atoms with Crippen molar-refractivity contribution in [3.05, 3.63) is 0 Å². The number of primary amides is 2. The molecule has 4 N–H and O–H groups in total. The Bertz CT molecular complexity index is 156. The van der Waals surface area contributed by atoms with E-state index < -0.39 is 6.03 Å². The van der Waals surface area contributed by atoms with Gasteiger partial charge in [0.25, 0.3) is 0 Å². The van der Waals surface area contributed by atoms with Gasteiger partial charge in [-0.15, -0.1) is 0 Å². The van der Waals surface area contributed by atoms with Gasteiger partial charge in [0.15, 0.2) is 0 Å². The Kier molecular flexibility index (Phi) is 1.48. The van der Waals surface area contributed by atoms with Crippen molar-refractivity contribution < 1.29 is 9.59 Å². The monoisotopic (exact) mass is 143 g/mol. The third-order valence-electron chi connectivity index (χ3n) is 1.60. The van der Waals surface area contributed by atoms with Crippen LogP contribution in [0.3, 0.4) is 0 Å². The van der Waals surface area contributed by atoms with Crippen molar-refractivity contribution in [2.24, 2.45) is 17.4 Å². The van der Waals surface area contributed by atoms with E-state index in [1.54, 1.807) is 0 Å². The zero-order valence-corrected chi connectivity index (χ0v) is 5.41. The molecular weight excluding hydrogens is 134 g/mol. The minimum Gasteiger partial charge on any atom is -0.369 e. The average molecular weight is 143 g/mol. The fraction of sp³-hybridized carbons (Fsp3) is 0.600. The average Bonchev–Trinajstić information content (AvgIpc) is 1.56. The van der Waals surface area contributed by atoms with Gasteiger partial charge in [-0.1, -0.05) is 0 Å². The van der Waals surface area contributed by atoms with Crippen LogP contribution in [0.2, 0.25) is 0 Å². The molecule has 1 aliphatic heterocycles. The fourth-order valence-corrected chi connectivity index (χ4v) is 0.838. The van der Waals surface area contributed by atoms with Crippen LogP contribution in [0.25, 0.3) is 0 Å². The van der Waals surface area contributed by atoms with Crippen LogP contribution >= 0.6 is 0 Å². The molecule has 0 saturated carbocycles. The lowest BCUT2D eigenvalue weighted by atomic mass is 10.0. The summed E-state index contributed by atoms with van der Waals surface area (Å²) in [6, 6.07) is -0.488. The molecule has 0 bridgehead atoms. The first-order valence-corrected chi connectivity index (χ1v) is 2.95. The van der Waals surface area contributed by atoms with Crippen molar-refractivity contribution in [2.75, 3.05) is 13.1 Å². The van der Waals surface area contributed by atoms with Crippen molar-refractivity contribution >= 4 is 11.9 Å². The van der Waals surface area contributed by atoms with E-state index in [1.165, 1.54) is 4.90 Å². The van der Waals surface area contributed by atoms with Gasteiger partial charge in [-0.3, -0.25) is 4.79 Å². The molecule has 0 radical (unpaired) electrons. The highest BCUT2D eigenvalue weighted by Crippen LogP contribution is 2.13. The van der Waals surface area contributed by atoms with Gasteiger partial charge in [0.1, 0.15) is 0 Å². The number of rotatable bonds is 1. The van der Waals surface area contributed by atoms with Gasteiger partial charge in [-0.2, -0.15) is 0 Å².